The van der Waals surface area contributed by atoms with E-state index in [2.05, 4.69) is 45.8 Å². The molecule has 4 heteroatoms. The first-order chi connectivity index (χ1) is 10.3. The van der Waals surface area contributed by atoms with Crippen molar-refractivity contribution >= 4 is 0 Å². The molecule has 0 aliphatic heterocycles. The molecule has 1 fully saturated rings. The number of nitrogens with zero attached hydrogens (tertiary/aromatic N) is 2. The standard InChI is InChI=1S/C17H23N3O/c1-13-19-20-17(21-13)12-18-16-10-6-5-9-15(16)11-14-7-3-2-4-8-14/h2-4,7-8,15-16,18H,5-6,9-12H2,1H3/t15-,16-/m1/s1. The third kappa shape index (κ3) is 3.91. The average Bonchev–Trinajstić information content (AvgIpc) is 2.93. The molecule has 4 nitrogen and oxygen atoms in total. The van der Waals surface area contributed by atoms with Crippen LogP contribution in [0.1, 0.15) is 43.0 Å². The molecule has 1 aliphatic carbocycles. The molecule has 2 atom stereocenters. The second kappa shape index (κ2) is 6.85. The fourth-order valence-corrected chi connectivity index (χ4v) is 3.26. The van der Waals surface area contributed by atoms with Gasteiger partial charge in [0.2, 0.25) is 11.8 Å². The summed E-state index contributed by atoms with van der Waals surface area (Å²) in [4.78, 5) is 0. The zero-order valence-electron chi connectivity index (χ0n) is 12.6. The van der Waals surface area contributed by atoms with E-state index in [1.807, 2.05) is 6.92 Å². The van der Waals surface area contributed by atoms with Crippen LogP contribution in [0.2, 0.25) is 0 Å². The second-order valence-corrected chi connectivity index (χ2v) is 5.94. The van der Waals surface area contributed by atoms with Crippen molar-refractivity contribution in [2.45, 2.75) is 51.6 Å². The number of benzene rings is 1. The van der Waals surface area contributed by atoms with Gasteiger partial charge in [-0.2, -0.15) is 0 Å². The molecule has 0 amide bonds. The normalized spacial score (nSPS) is 22.3. The highest BCUT2D eigenvalue weighted by atomic mass is 16.4. The lowest BCUT2D eigenvalue weighted by Gasteiger charge is -2.32. The molecule has 3 rings (SSSR count). The van der Waals surface area contributed by atoms with E-state index in [0.29, 0.717) is 30.3 Å². The van der Waals surface area contributed by atoms with E-state index < -0.39 is 0 Å². The van der Waals surface area contributed by atoms with Gasteiger partial charge < -0.3 is 9.73 Å². The third-order valence-corrected chi connectivity index (χ3v) is 4.33. The molecule has 1 N–H and O–H groups in total. The number of rotatable bonds is 5. The van der Waals surface area contributed by atoms with Crippen molar-refractivity contribution in [2.75, 3.05) is 0 Å². The quantitative estimate of drug-likeness (QED) is 0.916. The number of aryl methyl sites for hydroxylation is 1. The molecule has 1 aliphatic rings. The monoisotopic (exact) mass is 285 g/mol. The highest BCUT2D eigenvalue weighted by Gasteiger charge is 2.25. The predicted octanol–water partition coefficient (Wildman–Crippen LogP) is 3.27. The molecular weight excluding hydrogens is 262 g/mol. The summed E-state index contributed by atoms with van der Waals surface area (Å²) in [5.74, 6) is 2.03. The Morgan fingerprint density at radius 2 is 1.95 bits per heavy atom. The van der Waals surface area contributed by atoms with E-state index in [-0.39, 0.29) is 0 Å². The van der Waals surface area contributed by atoms with Crippen LogP contribution in [0, 0.1) is 12.8 Å². The van der Waals surface area contributed by atoms with E-state index in [9.17, 15) is 0 Å². The summed E-state index contributed by atoms with van der Waals surface area (Å²) < 4.78 is 5.44. The Morgan fingerprint density at radius 1 is 1.14 bits per heavy atom. The van der Waals surface area contributed by atoms with Gasteiger partial charge in [0.15, 0.2) is 0 Å². The Bertz CT molecular complexity index is 552. The molecule has 21 heavy (non-hydrogen) atoms. The SMILES string of the molecule is Cc1nnc(CN[C@@H]2CCCC[C@@H]2Cc2ccccc2)o1. The van der Waals surface area contributed by atoms with Gasteiger partial charge in [-0.3, -0.25) is 0 Å². The minimum absolute atomic E-state index is 0.547. The lowest BCUT2D eigenvalue weighted by molar-refractivity contribution is 0.252. The largest absolute Gasteiger partial charge is 0.424 e. The molecular formula is C17H23N3O. The maximum Gasteiger partial charge on any atom is 0.230 e. The average molecular weight is 285 g/mol. The summed E-state index contributed by atoms with van der Waals surface area (Å²) in [6.07, 6.45) is 6.35. The van der Waals surface area contributed by atoms with Crippen LogP contribution in [-0.2, 0) is 13.0 Å². The molecule has 2 aromatic rings. The molecule has 1 heterocycles. The van der Waals surface area contributed by atoms with Crippen LogP contribution in [0.15, 0.2) is 34.7 Å². The van der Waals surface area contributed by atoms with Crippen molar-refractivity contribution in [1.82, 2.24) is 15.5 Å². The van der Waals surface area contributed by atoms with Gasteiger partial charge in [-0.1, -0.05) is 43.2 Å². The topological polar surface area (TPSA) is 51.0 Å². The molecule has 1 aromatic carbocycles. The Morgan fingerprint density at radius 3 is 2.71 bits per heavy atom. The van der Waals surface area contributed by atoms with Gasteiger partial charge in [0.1, 0.15) is 0 Å². The lowest BCUT2D eigenvalue weighted by atomic mass is 9.80. The molecule has 0 unspecified atom stereocenters. The molecule has 0 radical (unpaired) electrons. The van der Waals surface area contributed by atoms with Crippen LogP contribution >= 0.6 is 0 Å². The van der Waals surface area contributed by atoms with E-state index in [0.717, 1.165) is 6.42 Å². The van der Waals surface area contributed by atoms with Crippen LogP contribution in [0.25, 0.3) is 0 Å². The number of nitrogens with one attached hydrogen (secondary N) is 1. The van der Waals surface area contributed by atoms with Crippen molar-refractivity contribution < 1.29 is 4.42 Å². The highest BCUT2D eigenvalue weighted by Crippen LogP contribution is 2.27. The van der Waals surface area contributed by atoms with Crippen LogP contribution in [0.5, 0.6) is 0 Å². The van der Waals surface area contributed by atoms with E-state index >= 15 is 0 Å². The maximum atomic E-state index is 5.44. The van der Waals surface area contributed by atoms with Gasteiger partial charge in [-0.05, 0) is 30.7 Å². The van der Waals surface area contributed by atoms with Gasteiger partial charge in [-0.15, -0.1) is 10.2 Å². The Hall–Kier alpha value is -1.68. The maximum absolute atomic E-state index is 5.44. The highest BCUT2D eigenvalue weighted by molar-refractivity contribution is 5.15. The van der Waals surface area contributed by atoms with E-state index in [4.69, 9.17) is 4.42 Å². The van der Waals surface area contributed by atoms with Gasteiger partial charge in [0.25, 0.3) is 0 Å². The summed E-state index contributed by atoms with van der Waals surface area (Å²) in [7, 11) is 0. The van der Waals surface area contributed by atoms with Crippen LogP contribution in [0.3, 0.4) is 0 Å². The van der Waals surface area contributed by atoms with Gasteiger partial charge in [0.05, 0.1) is 6.54 Å². The van der Waals surface area contributed by atoms with E-state index in [1.54, 1.807) is 0 Å². The minimum atomic E-state index is 0.547. The van der Waals surface area contributed by atoms with E-state index in [1.165, 1.54) is 31.2 Å². The smallest absolute Gasteiger partial charge is 0.230 e. The molecule has 0 spiro atoms. The summed E-state index contributed by atoms with van der Waals surface area (Å²) in [5, 5.41) is 11.6. The Labute approximate surface area is 126 Å². The zero-order valence-corrected chi connectivity index (χ0v) is 12.6. The number of aromatic nitrogens is 2. The van der Waals surface area contributed by atoms with Crippen LogP contribution < -0.4 is 5.32 Å². The summed E-state index contributed by atoms with van der Waals surface area (Å²) >= 11 is 0. The first kappa shape index (κ1) is 14.3. The third-order valence-electron chi connectivity index (χ3n) is 4.33. The summed E-state index contributed by atoms with van der Waals surface area (Å²) in [5.41, 5.74) is 1.44. The van der Waals surface area contributed by atoms with Crippen molar-refractivity contribution in [2.24, 2.45) is 5.92 Å². The molecule has 112 valence electrons. The zero-order chi connectivity index (χ0) is 14.5. The number of hydrogen-bond donors (Lipinski definition) is 1. The Kier molecular flexibility index (Phi) is 4.65. The first-order valence-corrected chi connectivity index (χ1v) is 7.87. The summed E-state index contributed by atoms with van der Waals surface area (Å²) in [6, 6.07) is 11.3. The van der Waals surface area contributed by atoms with Crippen LogP contribution in [0.4, 0.5) is 0 Å². The fraction of sp³-hybridized carbons (Fsp3) is 0.529. The Balaban J connectivity index is 1.58. The van der Waals surface area contributed by atoms with Crippen molar-refractivity contribution in [1.29, 1.82) is 0 Å². The lowest BCUT2D eigenvalue weighted by Crippen LogP contribution is -2.39. The molecule has 0 saturated heterocycles. The fourth-order valence-electron chi connectivity index (χ4n) is 3.26. The van der Waals surface area contributed by atoms with Gasteiger partial charge in [-0.25, -0.2) is 0 Å². The second-order valence-electron chi connectivity index (χ2n) is 5.94. The van der Waals surface area contributed by atoms with Crippen molar-refractivity contribution in [3.8, 4) is 0 Å². The van der Waals surface area contributed by atoms with Crippen molar-refractivity contribution in [3.05, 3.63) is 47.7 Å². The van der Waals surface area contributed by atoms with Gasteiger partial charge >= 0.3 is 0 Å². The first-order valence-electron chi connectivity index (χ1n) is 7.87. The predicted molar refractivity (Wildman–Crippen MR) is 81.8 cm³/mol. The molecule has 1 saturated carbocycles. The number of hydrogen-bond acceptors (Lipinski definition) is 4. The minimum Gasteiger partial charge on any atom is -0.424 e. The summed E-state index contributed by atoms with van der Waals surface area (Å²) in [6.45, 7) is 2.51. The van der Waals surface area contributed by atoms with Crippen LogP contribution in [-0.4, -0.2) is 16.2 Å². The molecule has 1 aromatic heterocycles. The van der Waals surface area contributed by atoms with Crippen molar-refractivity contribution in [3.63, 3.8) is 0 Å². The van der Waals surface area contributed by atoms with Gasteiger partial charge in [0, 0.05) is 13.0 Å². The molecule has 0 bridgehead atoms.